The molecule has 0 bridgehead atoms. The summed E-state index contributed by atoms with van der Waals surface area (Å²) < 4.78 is 53.0. The van der Waals surface area contributed by atoms with E-state index in [2.05, 4.69) is 10.0 Å². The van der Waals surface area contributed by atoms with Crippen LogP contribution in [0.4, 0.5) is 14.5 Å². The normalized spacial score (nSPS) is 11.6. The van der Waals surface area contributed by atoms with E-state index < -0.39 is 21.7 Å². The molecule has 0 spiro atoms. The first-order chi connectivity index (χ1) is 9.81. The topological polar surface area (TPSA) is 58.2 Å². The van der Waals surface area contributed by atoms with Crippen LogP contribution in [0.2, 0.25) is 0 Å². The number of hydrogen-bond acceptors (Lipinski definition) is 4. The largest absolute Gasteiger partial charge is 0.315 e. The third kappa shape index (κ3) is 3.78. The number of nitrogens with one attached hydrogen (secondary N) is 2. The molecule has 0 unspecified atom stereocenters. The first-order valence-electron chi connectivity index (χ1n) is 6.04. The number of sulfonamides is 1. The van der Waals surface area contributed by atoms with Crippen molar-refractivity contribution in [2.75, 3.05) is 11.8 Å². The number of rotatable bonds is 5. The molecule has 0 aliphatic rings. The van der Waals surface area contributed by atoms with Crippen molar-refractivity contribution in [2.24, 2.45) is 0 Å². The number of hydrogen-bond donors (Lipinski definition) is 2. The summed E-state index contributed by atoms with van der Waals surface area (Å²) in [5.74, 6) is -1.68. The lowest BCUT2D eigenvalue weighted by Gasteiger charge is -2.07. The molecule has 0 aliphatic carbocycles. The highest BCUT2D eigenvalue weighted by atomic mass is 32.2. The van der Waals surface area contributed by atoms with E-state index in [9.17, 15) is 17.2 Å². The van der Waals surface area contributed by atoms with Crippen molar-refractivity contribution in [3.8, 4) is 0 Å². The number of anilines is 1. The predicted octanol–water partition coefficient (Wildman–Crippen LogP) is 2.85. The zero-order chi connectivity index (χ0) is 15.6. The predicted molar refractivity (Wildman–Crippen MR) is 79.0 cm³/mol. The number of halogens is 2. The molecule has 0 saturated carbocycles. The Balaban J connectivity index is 2.33. The summed E-state index contributed by atoms with van der Waals surface area (Å²) >= 11 is 1.35. The molecular formula is C13H14F2N2O2S2. The Hall–Kier alpha value is -1.51. The molecule has 0 radical (unpaired) electrons. The van der Waals surface area contributed by atoms with Gasteiger partial charge in [-0.1, -0.05) is 0 Å². The van der Waals surface area contributed by atoms with Crippen molar-refractivity contribution in [3.63, 3.8) is 0 Å². The fourth-order valence-corrected chi connectivity index (χ4v) is 4.56. The molecule has 2 N–H and O–H groups in total. The van der Waals surface area contributed by atoms with Gasteiger partial charge < -0.3 is 5.32 Å². The lowest BCUT2D eigenvalue weighted by molar-refractivity contribution is 0.584. The molecular weight excluding hydrogens is 318 g/mol. The van der Waals surface area contributed by atoms with E-state index in [1.54, 1.807) is 20.0 Å². The van der Waals surface area contributed by atoms with Crippen LogP contribution < -0.4 is 10.0 Å². The van der Waals surface area contributed by atoms with E-state index >= 15 is 0 Å². The van der Waals surface area contributed by atoms with Gasteiger partial charge in [0.1, 0.15) is 16.5 Å². The molecule has 2 rings (SSSR count). The highest BCUT2D eigenvalue weighted by Crippen LogP contribution is 2.27. The Morgan fingerprint density at radius 3 is 2.33 bits per heavy atom. The summed E-state index contributed by atoms with van der Waals surface area (Å²) in [4.78, 5) is 1.59. The minimum atomic E-state index is -3.88. The summed E-state index contributed by atoms with van der Waals surface area (Å²) in [5, 5.41) is 2.94. The van der Waals surface area contributed by atoms with E-state index in [0.717, 1.165) is 17.0 Å². The maximum Gasteiger partial charge on any atom is 0.263 e. The Morgan fingerprint density at radius 1 is 1.14 bits per heavy atom. The van der Waals surface area contributed by atoms with Gasteiger partial charge in [0.2, 0.25) is 0 Å². The van der Waals surface area contributed by atoms with Crippen molar-refractivity contribution in [1.29, 1.82) is 0 Å². The maximum atomic E-state index is 13.1. The zero-order valence-corrected chi connectivity index (χ0v) is 13.0. The van der Waals surface area contributed by atoms with Crippen LogP contribution in [0.25, 0.3) is 0 Å². The van der Waals surface area contributed by atoms with Gasteiger partial charge in [0, 0.05) is 22.4 Å². The zero-order valence-electron chi connectivity index (χ0n) is 11.4. The van der Waals surface area contributed by atoms with E-state index in [4.69, 9.17) is 0 Å². The third-order valence-corrected chi connectivity index (χ3v) is 5.37. The van der Waals surface area contributed by atoms with Gasteiger partial charge in [-0.15, -0.1) is 11.3 Å². The van der Waals surface area contributed by atoms with Gasteiger partial charge in [0.15, 0.2) is 0 Å². The smallest absolute Gasteiger partial charge is 0.263 e. The highest BCUT2D eigenvalue weighted by Gasteiger charge is 2.20. The molecule has 8 heteroatoms. The Kier molecular flexibility index (Phi) is 4.60. The lowest BCUT2D eigenvalue weighted by atomic mass is 10.3. The molecule has 0 aliphatic heterocycles. The first-order valence-corrected chi connectivity index (χ1v) is 8.34. The SMILES string of the molecule is CNCc1cc(S(=O)(=O)Nc2cc(F)cc(F)c2)c(C)s1. The van der Waals surface area contributed by atoms with Gasteiger partial charge in [-0.05, 0) is 32.2 Å². The Labute approximate surface area is 125 Å². The second-order valence-corrected chi connectivity index (χ2v) is 7.42. The van der Waals surface area contributed by atoms with Crippen molar-refractivity contribution < 1.29 is 17.2 Å². The average molecular weight is 332 g/mol. The second kappa shape index (κ2) is 6.08. The standard InChI is InChI=1S/C13H14F2N2O2S2/c1-8-13(6-12(20-8)7-16-2)21(18,19)17-11-4-9(14)3-10(15)5-11/h3-6,16-17H,7H2,1-2H3. The molecule has 4 nitrogen and oxygen atoms in total. The van der Waals surface area contributed by atoms with E-state index in [1.165, 1.54) is 11.3 Å². The second-order valence-electron chi connectivity index (χ2n) is 4.43. The molecule has 2 aromatic rings. The molecule has 0 fully saturated rings. The van der Waals surface area contributed by atoms with Gasteiger partial charge in [0.05, 0.1) is 5.69 Å². The third-order valence-electron chi connectivity index (χ3n) is 2.68. The summed E-state index contributed by atoms with van der Waals surface area (Å²) in [6, 6.07) is 4.08. The molecule has 0 saturated heterocycles. The molecule has 114 valence electrons. The van der Waals surface area contributed by atoms with Crippen LogP contribution in [0, 0.1) is 18.6 Å². The quantitative estimate of drug-likeness (QED) is 0.885. The lowest BCUT2D eigenvalue weighted by Crippen LogP contribution is -2.13. The van der Waals surface area contributed by atoms with Crippen molar-refractivity contribution >= 4 is 27.0 Å². The van der Waals surface area contributed by atoms with Crippen LogP contribution in [0.3, 0.4) is 0 Å². The minimum absolute atomic E-state index is 0.113. The monoisotopic (exact) mass is 332 g/mol. The van der Waals surface area contributed by atoms with Crippen LogP contribution in [0.15, 0.2) is 29.2 Å². The molecule has 1 aromatic heterocycles. The van der Waals surface area contributed by atoms with Gasteiger partial charge in [-0.2, -0.15) is 0 Å². The van der Waals surface area contributed by atoms with Crippen LogP contribution in [-0.2, 0) is 16.6 Å². The molecule has 1 aromatic carbocycles. The van der Waals surface area contributed by atoms with Crippen LogP contribution in [0.5, 0.6) is 0 Å². The van der Waals surface area contributed by atoms with Crippen LogP contribution in [-0.4, -0.2) is 15.5 Å². The van der Waals surface area contributed by atoms with Gasteiger partial charge in [-0.25, -0.2) is 17.2 Å². The summed E-state index contributed by atoms with van der Waals surface area (Å²) in [7, 11) is -2.11. The molecule has 21 heavy (non-hydrogen) atoms. The number of aryl methyl sites for hydroxylation is 1. The van der Waals surface area contributed by atoms with E-state index in [0.29, 0.717) is 17.5 Å². The van der Waals surface area contributed by atoms with Crippen molar-refractivity contribution in [2.45, 2.75) is 18.4 Å². The number of thiophene rings is 1. The van der Waals surface area contributed by atoms with Gasteiger partial charge in [-0.3, -0.25) is 4.72 Å². The molecule has 1 heterocycles. The fourth-order valence-electron chi connectivity index (χ4n) is 1.88. The Bertz CT molecular complexity index is 737. The van der Waals surface area contributed by atoms with E-state index in [1.807, 2.05) is 0 Å². The molecule has 0 atom stereocenters. The van der Waals surface area contributed by atoms with Gasteiger partial charge in [0.25, 0.3) is 10.0 Å². The van der Waals surface area contributed by atoms with Crippen molar-refractivity contribution in [1.82, 2.24) is 5.32 Å². The van der Waals surface area contributed by atoms with Crippen LogP contribution in [0.1, 0.15) is 9.75 Å². The van der Waals surface area contributed by atoms with Gasteiger partial charge >= 0.3 is 0 Å². The summed E-state index contributed by atoms with van der Waals surface area (Å²) in [5.41, 5.74) is -0.145. The molecule has 0 amide bonds. The van der Waals surface area contributed by atoms with Crippen LogP contribution >= 0.6 is 11.3 Å². The average Bonchev–Trinajstić information content (AvgIpc) is 2.69. The maximum absolute atomic E-state index is 13.1. The number of benzene rings is 1. The summed E-state index contributed by atoms with van der Waals surface area (Å²) in [6.45, 7) is 2.24. The highest BCUT2D eigenvalue weighted by molar-refractivity contribution is 7.93. The minimum Gasteiger partial charge on any atom is -0.315 e. The fraction of sp³-hybridized carbons (Fsp3) is 0.231. The van der Waals surface area contributed by atoms with E-state index in [-0.39, 0.29) is 10.6 Å². The summed E-state index contributed by atoms with van der Waals surface area (Å²) in [6.07, 6.45) is 0. The van der Waals surface area contributed by atoms with Crippen molar-refractivity contribution in [3.05, 3.63) is 45.7 Å². The first kappa shape index (κ1) is 15.9. The Morgan fingerprint density at radius 2 is 1.76 bits per heavy atom.